The van der Waals surface area contributed by atoms with Gasteiger partial charge in [0, 0.05) is 22.6 Å². The van der Waals surface area contributed by atoms with Gasteiger partial charge in [-0.25, -0.2) is 0 Å². The number of hydrogen-bond acceptors (Lipinski definition) is 8. The van der Waals surface area contributed by atoms with E-state index in [0.29, 0.717) is 18.3 Å². The highest BCUT2D eigenvalue weighted by Gasteiger charge is 2.26. The fourth-order valence-electron chi connectivity index (χ4n) is 5.38. The van der Waals surface area contributed by atoms with E-state index in [1.807, 2.05) is 55.5 Å². The third kappa shape index (κ3) is 4.93. The SMILES string of the molecule is Cc1ccc(-c2noc(Nc3cc(-c4ccccc4-c4nn[nH]n4)cc4c3OCCCC4c3ccccc3)n2)cc1. The van der Waals surface area contributed by atoms with E-state index in [1.54, 1.807) is 0 Å². The van der Waals surface area contributed by atoms with Crippen molar-refractivity contribution in [1.29, 1.82) is 0 Å². The predicted molar refractivity (Wildman–Crippen MR) is 156 cm³/mol. The van der Waals surface area contributed by atoms with E-state index in [4.69, 9.17) is 9.26 Å². The van der Waals surface area contributed by atoms with Crippen LogP contribution in [0.1, 0.15) is 35.4 Å². The number of benzene rings is 4. The molecule has 7 rings (SSSR count). The Morgan fingerprint density at radius 3 is 2.46 bits per heavy atom. The first-order valence-electron chi connectivity index (χ1n) is 13.6. The van der Waals surface area contributed by atoms with Gasteiger partial charge in [0.2, 0.25) is 11.6 Å². The van der Waals surface area contributed by atoms with Crippen LogP contribution in [0, 0.1) is 6.92 Å². The lowest BCUT2D eigenvalue weighted by molar-refractivity contribution is 0.317. The summed E-state index contributed by atoms with van der Waals surface area (Å²) in [7, 11) is 0. The molecule has 6 aromatic rings. The summed E-state index contributed by atoms with van der Waals surface area (Å²) in [5, 5.41) is 22.4. The third-order valence-electron chi connectivity index (χ3n) is 7.38. The van der Waals surface area contributed by atoms with Crippen LogP contribution >= 0.6 is 0 Å². The largest absolute Gasteiger partial charge is 0.491 e. The molecule has 0 aliphatic carbocycles. The van der Waals surface area contributed by atoms with Crippen LogP contribution in [0.4, 0.5) is 11.7 Å². The van der Waals surface area contributed by atoms with Crippen LogP contribution in [0.5, 0.6) is 5.75 Å². The summed E-state index contributed by atoms with van der Waals surface area (Å²) in [6.07, 6.45) is 1.89. The predicted octanol–water partition coefficient (Wildman–Crippen LogP) is 6.94. The first-order chi connectivity index (χ1) is 20.2. The van der Waals surface area contributed by atoms with Gasteiger partial charge in [-0.05, 0) is 53.8 Å². The smallest absolute Gasteiger partial charge is 0.326 e. The van der Waals surface area contributed by atoms with E-state index >= 15 is 0 Å². The molecule has 2 aromatic heterocycles. The average Bonchev–Trinajstić information content (AvgIpc) is 3.67. The van der Waals surface area contributed by atoms with Gasteiger partial charge < -0.3 is 14.6 Å². The number of ether oxygens (including phenoxy) is 1. The monoisotopic (exact) mass is 541 g/mol. The van der Waals surface area contributed by atoms with Crippen LogP contribution in [0.25, 0.3) is 33.9 Å². The van der Waals surface area contributed by atoms with Crippen LogP contribution in [-0.2, 0) is 0 Å². The van der Waals surface area contributed by atoms with Gasteiger partial charge in [0.1, 0.15) is 5.75 Å². The summed E-state index contributed by atoms with van der Waals surface area (Å²) < 4.78 is 12.1. The molecule has 0 saturated heterocycles. The minimum atomic E-state index is 0.150. The molecule has 9 heteroatoms. The fourth-order valence-corrected chi connectivity index (χ4v) is 5.38. The van der Waals surface area contributed by atoms with E-state index in [1.165, 1.54) is 11.1 Å². The number of H-pyrrole nitrogens is 1. The zero-order valence-corrected chi connectivity index (χ0v) is 22.4. The zero-order valence-electron chi connectivity index (χ0n) is 22.4. The minimum absolute atomic E-state index is 0.150. The standard InChI is InChI=1S/C32H27N7O2/c1-20-13-15-22(16-14-20)30-34-32(41-37-30)33-28-19-23(25-10-5-6-11-26(25)31-35-38-39-36-31)18-27-24(12-7-17-40-29(27)28)21-8-3-2-4-9-21/h2-6,8-11,13-16,18-19,24H,7,12,17H2,1H3,(H,33,34,37)(H,35,36,38,39). The second-order valence-electron chi connectivity index (χ2n) is 10.1. The van der Waals surface area contributed by atoms with E-state index in [-0.39, 0.29) is 11.9 Å². The lowest BCUT2D eigenvalue weighted by atomic mass is 9.85. The van der Waals surface area contributed by atoms with Gasteiger partial charge in [0.05, 0.1) is 12.3 Å². The van der Waals surface area contributed by atoms with Crippen molar-refractivity contribution >= 4 is 11.7 Å². The van der Waals surface area contributed by atoms with E-state index in [2.05, 4.69) is 78.5 Å². The van der Waals surface area contributed by atoms with E-state index in [0.717, 1.165) is 52.1 Å². The minimum Gasteiger partial charge on any atom is -0.491 e. The molecule has 4 aromatic carbocycles. The number of hydrogen-bond donors (Lipinski definition) is 2. The Morgan fingerprint density at radius 2 is 1.66 bits per heavy atom. The van der Waals surface area contributed by atoms with Crippen LogP contribution in [0.15, 0.2) is 95.5 Å². The lowest BCUT2D eigenvalue weighted by Crippen LogP contribution is -2.04. The maximum absolute atomic E-state index is 6.41. The van der Waals surface area contributed by atoms with Gasteiger partial charge in [-0.1, -0.05) is 89.6 Å². The molecule has 0 radical (unpaired) electrons. The Kier molecular flexibility index (Phi) is 6.44. The summed E-state index contributed by atoms with van der Waals surface area (Å²) in [6.45, 7) is 2.66. The second-order valence-corrected chi connectivity index (χ2v) is 10.1. The Hall–Kier alpha value is -5.31. The van der Waals surface area contributed by atoms with Gasteiger partial charge in [0.25, 0.3) is 0 Å². The summed E-state index contributed by atoms with van der Waals surface area (Å²) in [6, 6.07) is 31.2. The number of tetrazole rings is 1. The highest BCUT2D eigenvalue weighted by molar-refractivity contribution is 5.85. The first kappa shape index (κ1) is 24.7. The number of anilines is 2. The molecule has 2 N–H and O–H groups in total. The van der Waals surface area contributed by atoms with Crippen molar-refractivity contribution < 1.29 is 9.26 Å². The summed E-state index contributed by atoms with van der Waals surface area (Å²) in [5.74, 6) is 1.98. The zero-order chi connectivity index (χ0) is 27.6. The van der Waals surface area contributed by atoms with Crippen LogP contribution in [-0.4, -0.2) is 37.4 Å². The van der Waals surface area contributed by atoms with Gasteiger partial charge in [-0.2, -0.15) is 10.2 Å². The molecule has 0 spiro atoms. The molecule has 1 aliphatic rings. The summed E-state index contributed by atoms with van der Waals surface area (Å²) >= 11 is 0. The summed E-state index contributed by atoms with van der Waals surface area (Å²) in [5.41, 5.74) is 7.97. The number of fused-ring (bicyclic) bond motifs is 1. The molecule has 1 aliphatic heterocycles. The molecule has 1 unspecified atom stereocenters. The third-order valence-corrected chi connectivity index (χ3v) is 7.38. The molecule has 9 nitrogen and oxygen atoms in total. The molecule has 0 amide bonds. The average molecular weight is 542 g/mol. The highest BCUT2D eigenvalue weighted by Crippen LogP contribution is 2.46. The first-order valence-corrected chi connectivity index (χ1v) is 13.6. The van der Waals surface area contributed by atoms with Crippen molar-refractivity contribution in [3.05, 3.63) is 108 Å². The molecule has 202 valence electrons. The number of aromatic amines is 1. The Morgan fingerprint density at radius 1 is 0.854 bits per heavy atom. The molecule has 41 heavy (non-hydrogen) atoms. The van der Waals surface area contributed by atoms with Gasteiger partial charge in [0.15, 0.2) is 0 Å². The number of aryl methyl sites for hydroxylation is 1. The van der Waals surface area contributed by atoms with E-state index in [9.17, 15) is 0 Å². The topological polar surface area (TPSA) is 115 Å². The fraction of sp³-hybridized carbons (Fsp3) is 0.156. The summed E-state index contributed by atoms with van der Waals surface area (Å²) in [4.78, 5) is 4.64. The molecule has 0 saturated carbocycles. The van der Waals surface area contributed by atoms with Crippen molar-refractivity contribution in [1.82, 2.24) is 30.8 Å². The van der Waals surface area contributed by atoms with Crippen molar-refractivity contribution in [3.63, 3.8) is 0 Å². The molecule has 0 bridgehead atoms. The van der Waals surface area contributed by atoms with Gasteiger partial charge >= 0.3 is 6.01 Å². The molecular weight excluding hydrogens is 514 g/mol. The molecular formula is C32H27N7O2. The Balaban J connectivity index is 1.37. The van der Waals surface area contributed by atoms with Crippen LogP contribution in [0.3, 0.4) is 0 Å². The van der Waals surface area contributed by atoms with Crippen molar-refractivity contribution in [2.45, 2.75) is 25.7 Å². The van der Waals surface area contributed by atoms with Crippen molar-refractivity contribution in [3.8, 4) is 39.7 Å². The molecule has 0 fully saturated rings. The molecule has 1 atom stereocenters. The van der Waals surface area contributed by atoms with Crippen LogP contribution in [0.2, 0.25) is 0 Å². The number of rotatable bonds is 6. The second kappa shape index (κ2) is 10.7. The number of nitrogens with one attached hydrogen (secondary N) is 2. The maximum Gasteiger partial charge on any atom is 0.326 e. The molecule has 3 heterocycles. The van der Waals surface area contributed by atoms with Gasteiger partial charge in [-0.3, -0.25) is 0 Å². The lowest BCUT2D eigenvalue weighted by Gasteiger charge is -2.21. The van der Waals surface area contributed by atoms with Crippen molar-refractivity contribution in [2.24, 2.45) is 0 Å². The Bertz CT molecular complexity index is 1780. The maximum atomic E-state index is 6.41. The Labute approximate surface area is 236 Å². The van der Waals surface area contributed by atoms with E-state index < -0.39 is 0 Å². The number of nitrogens with zero attached hydrogens (tertiary/aromatic N) is 5. The number of aromatic nitrogens is 6. The quantitative estimate of drug-likeness (QED) is 0.233. The van der Waals surface area contributed by atoms with Gasteiger partial charge in [-0.15, -0.1) is 10.2 Å². The van der Waals surface area contributed by atoms with Crippen LogP contribution < -0.4 is 10.1 Å². The highest BCUT2D eigenvalue weighted by atomic mass is 16.5. The normalized spacial score (nSPS) is 14.6. The van der Waals surface area contributed by atoms with Crippen molar-refractivity contribution in [2.75, 3.05) is 11.9 Å².